The number of amides is 1. The van der Waals surface area contributed by atoms with Gasteiger partial charge in [-0.1, -0.05) is 0 Å². The Balaban J connectivity index is 2.37. The Labute approximate surface area is 156 Å². The third kappa shape index (κ3) is 4.32. The van der Waals surface area contributed by atoms with Crippen molar-refractivity contribution in [3.63, 3.8) is 0 Å². The van der Waals surface area contributed by atoms with Crippen LogP contribution in [-0.4, -0.2) is 67.1 Å². The first kappa shape index (κ1) is 20.6. The maximum Gasteiger partial charge on any atom is 0.254 e. The quantitative estimate of drug-likeness (QED) is 0.793. The number of hydrogen-bond acceptors (Lipinski definition) is 6. The third-order valence-corrected chi connectivity index (χ3v) is 6.61. The number of nitrogens with zero attached hydrogens (tertiary/aromatic N) is 4. The molecule has 1 aliphatic rings. The number of nitrogens with one attached hydrogen (secondary N) is 1. The van der Waals surface area contributed by atoms with Crippen LogP contribution in [0.1, 0.15) is 56.1 Å². The van der Waals surface area contributed by atoms with Crippen molar-refractivity contribution in [2.24, 2.45) is 0 Å². The van der Waals surface area contributed by atoms with E-state index in [4.69, 9.17) is 0 Å². The first-order valence-electron chi connectivity index (χ1n) is 8.88. The van der Waals surface area contributed by atoms with Crippen molar-refractivity contribution in [3.8, 4) is 0 Å². The van der Waals surface area contributed by atoms with Crippen LogP contribution in [0.3, 0.4) is 0 Å². The summed E-state index contributed by atoms with van der Waals surface area (Å²) in [6.07, 6.45) is 2.17. The lowest BCUT2D eigenvalue weighted by atomic mass is 9.99. The van der Waals surface area contributed by atoms with Gasteiger partial charge >= 0.3 is 0 Å². The van der Waals surface area contributed by atoms with Crippen LogP contribution < -0.4 is 10.2 Å². The van der Waals surface area contributed by atoms with Crippen LogP contribution >= 0.6 is 0 Å². The first-order chi connectivity index (χ1) is 12.0. The fraction of sp³-hybridized carbons (Fsp3) is 0.706. The lowest BCUT2D eigenvalue weighted by Gasteiger charge is -2.20. The van der Waals surface area contributed by atoms with E-state index in [1.54, 1.807) is 18.7 Å². The van der Waals surface area contributed by atoms with Crippen LogP contribution in [0.15, 0.2) is 6.20 Å². The Morgan fingerprint density at radius 1 is 1.31 bits per heavy atom. The molecule has 1 N–H and O–H groups in total. The van der Waals surface area contributed by atoms with E-state index < -0.39 is 15.3 Å². The van der Waals surface area contributed by atoms with Gasteiger partial charge in [0.25, 0.3) is 5.91 Å². The van der Waals surface area contributed by atoms with Gasteiger partial charge in [0.1, 0.15) is 0 Å². The normalized spacial score (nSPS) is 18.5. The minimum absolute atomic E-state index is 0.00901. The van der Waals surface area contributed by atoms with Gasteiger partial charge in [-0.15, -0.1) is 0 Å². The van der Waals surface area contributed by atoms with Crippen LogP contribution in [0.4, 0.5) is 5.95 Å². The average molecular weight is 384 g/mol. The van der Waals surface area contributed by atoms with Gasteiger partial charge in [-0.3, -0.25) is 4.79 Å². The lowest BCUT2D eigenvalue weighted by Crippen LogP contribution is -2.35. The molecule has 1 amide bonds. The zero-order valence-corrected chi connectivity index (χ0v) is 17.2. The van der Waals surface area contributed by atoms with Crippen LogP contribution in [0.5, 0.6) is 0 Å². The maximum atomic E-state index is 12.6. The van der Waals surface area contributed by atoms with Crippen molar-refractivity contribution in [1.82, 2.24) is 19.6 Å². The predicted molar refractivity (Wildman–Crippen MR) is 102 cm³/mol. The third-order valence-electron chi connectivity index (χ3n) is 4.36. The number of hydrogen-bond donors (Lipinski definition) is 1. The maximum absolute atomic E-state index is 12.6. The van der Waals surface area contributed by atoms with Crippen LogP contribution in [0, 0.1) is 0 Å². The summed E-state index contributed by atoms with van der Waals surface area (Å²) >= 11 is 0. The Hall–Kier alpha value is -1.74. The van der Waals surface area contributed by atoms with Crippen LogP contribution in [-0.2, 0) is 10.0 Å². The van der Waals surface area contributed by atoms with E-state index in [0.29, 0.717) is 36.7 Å². The minimum atomic E-state index is -3.32. The summed E-state index contributed by atoms with van der Waals surface area (Å²) in [7, 11) is 0.344. The molecule has 1 saturated heterocycles. The molecule has 1 aliphatic heterocycles. The number of aromatic nitrogens is 2. The van der Waals surface area contributed by atoms with Gasteiger partial charge in [0.2, 0.25) is 16.0 Å². The highest BCUT2D eigenvalue weighted by Gasteiger charge is 2.36. The summed E-state index contributed by atoms with van der Waals surface area (Å²) in [5.41, 5.74) is 1.03. The SMILES string of the molecule is CC(C)NC(=O)c1cnc(N(C)C)nc1C1CCN(S(=O)(=O)C(C)C)C1. The molecule has 0 bridgehead atoms. The molecule has 146 valence electrons. The minimum Gasteiger partial charge on any atom is -0.350 e. The largest absolute Gasteiger partial charge is 0.350 e. The summed E-state index contributed by atoms with van der Waals surface area (Å²) in [6.45, 7) is 7.92. The van der Waals surface area contributed by atoms with Crippen molar-refractivity contribution < 1.29 is 13.2 Å². The summed E-state index contributed by atoms with van der Waals surface area (Å²) < 4.78 is 26.4. The molecule has 9 heteroatoms. The summed E-state index contributed by atoms with van der Waals surface area (Å²) in [5.74, 6) is 0.148. The zero-order chi connectivity index (χ0) is 19.6. The van der Waals surface area contributed by atoms with E-state index in [2.05, 4.69) is 15.3 Å². The molecule has 2 heterocycles. The highest BCUT2D eigenvalue weighted by Crippen LogP contribution is 2.31. The topological polar surface area (TPSA) is 95.5 Å². The molecule has 26 heavy (non-hydrogen) atoms. The van der Waals surface area contributed by atoms with Gasteiger partial charge in [0.15, 0.2) is 0 Å². The molecular formula is C17H29N5O3S. The predicted octanol–water partition coefficient (Wildman–Crippen LogP) is 1.21. The summed E-state index contributed by atoms with van der Waals surface area (Å²) in [6, 6.07) is -0.00901. The number of rotatable bonds is 6. The van der Waals surface area contributed by atoms with E-state index in [-0.39, 0.29) is 17.9 Å². The van der Waals surface area contributed by atoms with Gasteiger partial charge in [-0.25, -0.2) is 22.7 Å². The standard InChI is InChI=1S/C17H29N5O3S/c1-11(2)19-16(23)14-9-18-17(21(5)6)20-15(14)13-7-8-22(10-13)26(24,25)12(3)4/h9,11-13H,7-8,10H2,1-6H3,(H,19,23). The van der Waals surface area contributed by atoms with Crippen molar-refractivity contribution in [3.05, 3.63) is 17.5 Å². The van der Waals surface area contributed by atoms with E-state index >= 15 is 0 Å². The molecule has 0 aliphatic carbocycles. The molecule has 2 rings (SSSR count). The van der Waals surface area contributed by atoms with Gasteiger partial charge in [0, 0.05) is 45.3 Å². The molecule has 1 atom stereocenters. The van der Waals surface area contributed by atoms with Crippen molar-refractivity contribution in [2.45, 2.75) is 51.3 Å². The molecule has 1 fully saturated rings. The molecule has 8 nitrogen and oxygen atoms in total. The Bertz CT molecular complexity index is 762. The van der Waals surface area contributed by atoms with Gasteiger partial charge in [0.05, 0.1) is 16.5 Å². The molecule has 1 aromatic rings. The zero-order valence-electron chi connectivity index (χ0n) is 16.4. The van der Waals surface area contributed by atoms with E-state index in [9.17, 15) is 13.2 Å². The fourth-order valence-corrected chi connectivity index (χ4v) is 4.25. The molecule has 0 saturated carbocycles. The highest BCUT2D eigenvalue weighted by atomic mass is 32.2. The number of carbonyl (C=O) groups is 1. The highest BCUT2D eigenvalue weighted by molar-refractivity contribution is 7.89. The molecule has 1 aromatic heterocycles. The molecule has 0 radical (unpaired) electrons. The van der Waals surface area contributed by atoms with Gasteiger partial charge in [-0.05, 0) is 34.1 Å². The second-order valence-electron chi connectivity index (χ2n) is 7.43. The van der Waals surface area contributed by atoms with Crippen LogP contribution in [0.2, 0.25) is 0 Å². The van der Waals surface area contributed by atoms with E-state index in [0.717, 1.165) is 0 Å². The number of carbonyl (C=O) groups excluding carboxylic acids is 1. The number of sulfonamides is 1. The molecule has 0 spiro atoms. The second-order valence-corrected chi connectivity index (χ2v) is 9.92. The number of anilines is 1. The first-order valence-corrected chi connectivity index (χ1v) is 10.4. The monoisotopic (exact) mass is 383 g/mol. The van der Waals surface area contributed by atoms with E-state index in [1.165, 1.54) is 10.5 Å². The fourth-order valence-electron chi connectivity index (χ4n) is 2.91. The summed E-state index contributed by atoms with van der Waals surface area (Å²) in [5, 5.41) is 2.40. The van der Waals surface area contributed by atoms with Crippen molar-refractivity contribution in [1.29, 1.82) is 0 Å². The average Bonchev–Trinajstić information content (AvgIpc) is 3.03. The molecular weight excluding hydrogens is 354 g/mol. The Kier molecular flexibility index (Phi) is 6.23. The van der Waals surface area contributed by atoms with Crippen LogP contribution in [0.25, 0.3) is 0 Å². The summed E-state index contributed by atoms with van der Waals surface area (Å²) in [4.78, 5) is 23.2. The molecule has 0 aromatic carbocycles. The van der Waals surface area contributed by atoms with E-state index in [1.807, 2.05) is 27.9 Å². The van der Waals surface area contributed by atoms with Gasteiger partial charge in [-0.2, -0.15) is 0 Å². The Morgan fingerprint density at radius 2 is 1.96 bits per heavy atom. The second kappa shape index (κ2) is 7.87. The lowest BCUT2D eigenvalue weighted by molar-refractivity contribution is 0.0941. The van der Waals surface area contributed by atoms with Crippen molar-refractivity contribution in [2.75, 3.05) is 32.1 Å². The van der Waals surface area contributed by atoms with Crippen molar-refractivity contribution >= 4 is 21.9 Å². The smallest absolute Gasteiger partial charge is 0.254 e. The molecule has 1 unspecified atom stereocenters. The Morgan fingerprint density at radius 3 is 2.50 bits per heavy atom. The van der Waals surface area contributed by atoms with Gasteiger partial charge < -0.3 is 10.2 Å².